The van der Waals surface area contributed by atoms with Gasteiger partial charge in [-0.25, -0.2) is 0 Å². The monoisotopic (exact) mass is 258 g/mol. The van der Waals surface area contributed by atoms with Crippen molar-refractivity contribution < 1.29 is 4.74 Å². The van der Waals surface area contributed by atoms with Crippen LogP contribution in [0.25, 0.3) is 0 Å². The van der Waals surface area contributed by atoms with Crippen molar-refractivity contribution in [3.63, 3.8) is 0 Å². The first kappa shape index (κ1) is 14.5. The molecule has 0 bridgehead atoms. The lowest BCUT2D eigenvalue weighted by Gasteiger charge is -2.11. The smallest absolute Gasteiger partial charge is 0.191 e. The average molecular weight is 258 g/mol. The van der Waals surface area contributed by atoms with E-state index in [1.54, 1.807) is 18.9 Å². The molecular weight excluding hydrogens is 236 g/mol. The summed E-state index contributed by atoms with van der Waals surface area (Å²) in [5.74, 6) is 0.952. The molecule has 5 nitrogen and oxygen atoms in total. The molecule has 1 aromatic rings. The van der Waals surface area contributed by atoms with Crippen molar-refractivity contribution in [3.8, 4) is 0 Å². The Labute approximate surface area is 107 Å². The van der Waals surface area contributed by atoms with Crippen molar-refractivity contribution in [1.29, 1.82) is 0 Å². The summed E-state index contributed by atoms with van der Waals surface area (Å²) in [5, 5.41) is 13.1. The van der Waals surface area contributed by atoms with E-state index in [0.717, 1.165) is 37.1 Å². The van der Waals surface area contributed by atoms with Gasteiger partial charge in [0.05, 0.1) is 0 Å². The summed E-state index contributed by atoms with van der Waals surface area (Å²) in [6.07, 6.45) is 1.05. The number of rotatable bonds is 8. The van der Waals surface area contributed by atoms with Crippen molar-refractivity contribution in [2.24, 2.45) is 7.05 Å². The van der Waals surface area contributed by atoms with E-state index in [-0.39, 0.29) is 0 Å². The highest BCUT2D eigenvalue weighted by molar-refractivity contribution is 7.99. The standard InChI is InChI=1S/C11H22N4OS/c1-9(8-12-6-5-7-16-4)17-11-14-13-10(2)15(11)3/h9,12H,5-8H2,1-4H3. The third kappa shape index (κ3) is 5.06. The summed E-state index contributed by atoms with van der Waals surface area (Å²) in [5.41, 5.74) is 0. The number of nitrogens with zero attached hydrogens (tertiary/aromatic N) is 3. The van der Waals surface area contributed by atoms with E-state index in [1.807, 2.05) is 18.5 Å². The molecule has 1 heterocycles. The van der Waals surface area contributed by atoms with Crippen LogP contribution in [0.1, 0.15) is 19.2 Å². The Morgan fingerprint density at radius 2 is 2.24 bits per heavy atom. The Morgan fingerprint density at radius 1 is 1.47 bits per heavy atom. The molecule has 0 radical (unpaired) electrons. The highest BCUT2D eigenvalue weighted by Crippen LogP contribution is 2.20. The van der Waals surface area contributed by atoms with Crippen LogP contribution in [0.15, 0.2) is 5.16 Å². The highest BCUT2D eigenvalue weighted by atomic mass is 32.2. The van der Waals surface area contributed by atoms with Gasteiger partial charge in [0, 0.05) is 32.6 Å². The second kappa shape index (κ2) is 7.68. The van der Waals surface area contributed by atoms with Crippen LogP contribution in [0.2, 0.25) is 0 Å². The van der Waals surface area contributed by atoms with Crippen LogP contribution < -0.4 is 5.32 Å². The SMILES string of the molecule is COCCCNCC(C)Sc1nnc(C)n1C. The molecule has 0 spiro atoms. The van der Waals surface area contributed by atoms with E-state index in [0.29, 0.717) is 5.25 Å². The van der Waals surface area contributed by atoms with Gasteiger partial charge in [-0.3, -0.25) is 0 Å². The summed E-state index contributed by atoms with van der Waals surface area (Å²) in [6, 6.07) is 0. The normalized spacial score (nSPS) is 12.9. The van der Waals surface area contributed by atoms with Crippen molar-refractivity contribution >= 4 is 11.8 Å². The lowest BCUT2D eigenvalue weighted by molar-refractivity contribution is 0.194. The summed E-state index contributed by atoms with van der Waals surface area (Å²) >= 11 is 1.75. The van der Waals surface area contributed by atoms with Gasteiger partial charge in [0.15, 0.2) is 5.16 Å². The molecule has 1 N–H and O–H groups in total. The Balaban J connectivity index is 2.21. The zero-order valence-corrected chi connectivity index (χ0v) is 11.9. The zero-order chi connectivity index (χ0) is 12.7. The molecule has 0 amide bonds. The summed E-state index contributed by atoms with van der Waals surface area (Å²) in [7, 11) is 3.73. The molecule has 1 aromatic heterocycles. The molecule has 1 unspecified atom stereocenters. The molecule has 0 aromatic carbocycles. The Kier molecular flexibility index (Phi) is 6.54. The Morgan fingerprint density at radius 3 is 2.82 bits per heavy atom. The summed E-state index contributed by atoms with van der Waals surface area (Å²) in [6.45, 7) is 6.94. The molecule has 1 atom stereocenters. The number of methoxy groups -OCH3 is 1. The first-order valence-corrected chi connectivity index (χ1v) is 6.75. The van der Waals surface area contributed by atoms with Crippen LogP contribution in [0.4, 0.5) is 0 Å². The van der Waals surface area contributed by atoms with Crippen LogP contribution >= 0.6 is 11.8 Å². The van der Waals surface area contributed by atoms with Crippen molar-refractivity contribution in [2.75, 3.05) is 26.8 Å². The van der Waals surface area contributed by atoms with Crippen molar-refractivity contribution in [2.45, 2.75) is 30.7 Å². The van der Waals surface area contributed by atoms with Crippen LogP contribution in [-0.2, 0) is 11.8 Å². The maximum atomic E-state index is 5.00. The Bertz CT molecular complexity index is 329. The van der Waals surface area contributed by atoms with Crippen LogP contribution in [-0.4, -0.2) is 46.8 Å². The number of ether oxygens (including phenoxy) is 1. The second-order valence-corrected chi connectivity index (χ2v) is 5.47. The van der Waals surface area contributed by atoms with Crippen LogP contribution in [0.5, 0.6) is 0 Å². The van der Waals surface area contributed by atoms with E-state index >= 15 is 0 Å². The van der Waals surface area contributed by atoms with Gasteiger partial charge in [0.25, 0.3) is 0 Å². The molecule has 98 valence electrons. The number of nitrogens with one attached hydrogen (secondary N) is 1. The lowest BCUT2D eigenvalue weighted by Crippen LogP contribution is -2.24. The molecule has 1 rings (SSSR count). The predicted octanol–water partition coefficient (Wildman–Crippen LogP) is 1.23. The molecule has 0 fully saturated rings. The number of hydrogen-bond donors (Lipinski definition) is 1. The van der Waals surface area contributed by atoms with E-state index in [1.165, 1.54) is 0 Å². The summed E-state index contributed by atoms with van der Waals surface area (Å²) in [4.78, 5) is 0. The first-order chi connectivity index (χ1) is 8.15. The predicted molar refractivity (Wildman–Crippen MR) is 70.4 cm³/mol. The third-order valence-corrected chi connectivity index (χ3v) is 3.63. The first-order valence-electron chi connectivity index (χ1n) is 5.87. The minimum atomic E-state index is 0.486. The van der Waals surface area contributed by atoms with Gasteiger partial charge >= 0.3 is 0 Å². The molecule has 0 aliphatic rings. The van der Waals surface area contributed by atoms with Crippen LogP contribution in [0.3, 0.4) is 0 Å². The molecule has 17 heavy (non-hydrogen) atoms. The van der Waals surface area contributed by atoms with Crippen LogP contribution in [0, 0.1) is 6.92 Å². The molecule has 0 saturated heterocycles. The molecular formula is C11H22N4OS. The van der Waals surface area contributed by atoms with E-state index in [2.05, 4.69) is 22.4 Å². The summed E-state index contributed by atoms with van der Waals surface area (Å²) < 4.78 is 7.02. The lowest BCUT2D eigenvalue weighted by atomic mass is 10.4. The number of thioether (sulfide) groups is 1. The van der Waals surface area contributed by atoms with Gasteiger partial charge in [0.2, 0.25) is 0 Å². The fraction of sp³-hybridized carbons (Fsp3) is 0.818. The van der Waals surface area contributed by atoms with E-state index in [9.17, 15) is 0 Å². The minimum absolute atomic E-state index is 0.486. The fourth-order valence-corrected chi connectivity index (χ4v) is 2.30. The van der Waals surface area contributed by atoms with Gasteiger partial charge in [-0.15, -0.1) is 10.2 Å². The molecule has 0 aliphatic carbocycles. The second-order valence-electron chi connectivity index (χ2n) is 4.07. The highest BCUT2D eigenvalue weighted by Gasteiger charge is 2.10. The zero-order valence-electron chi connectivity index (χ0n) is 11.1. The van der Waals surface area contributed by atoms with Crippen molar-refractivity contribution in [1.82, 2.24) is 20.1 Å². The topological polar surface area (TPSA) is 52.0 Å². The van der Waals surface area contributed by atoms with Gasteiger partial charge in [-0.2, -0.15) is 0 Å². The minimum Gasteiger partial charge on any atom is -0.385 e. The van der Waals surface area contributed by atoms with Gasteiger partial charge in [-0.1, -0.05) is 18.7 Å². The van der Waals surface area contributed by atoms with Crippen molar-refractivity contribution in [3.05, 3.63) is 5.82 Å². The quantitative estimate of drug-likeness (QED) is 0.561. The number of hydrogen-bond acceptors (Lipinski definition) is 5. The van der Waals surface area contributed by atoms with Gasteiger partial charge in [-0.05, 0) is 19.9 Å². The molecule has 0 saturated carbocycles. The fourth-order valence-electron chi connectivity index (χ4n) is 1.36. The maximum Gasteiger partial charge on any atom is 0.191 e. The largest absolute Gasteiger partial charge is 0.385 e. The van der Waals surface area contributed by atoms with E-state index < -0.39 is 0 Å². The molecule has 0 aliphatic heterocycles. The van der Waals surface area contributed by atoms with Gasteiger partial charge in [0.1, 0.15) is 5.82 Å². The number of aryl methyl sites for hydroxylation is 1. The van der Waals surface area contributed by atoms with E-state index in [4.69, 9.17) is 4.74 Å². The number of aromatic nitrogens is 3. The Hall–Kier alpha value is -0.590. The molecule has 6 heteroatoms. The maximum absolute atomic E-state index is 5.00. The third-order valence-electron chi connectivity index (χ3n) is 2.49. The van der Waals surface area contributed by atoms with Gasteiger partial charge < -0.3 is 14.6 Å². The average Bonchev–Trinajstić information content (AvgIpc) is 2.61.